The van der Waals surface area contributed by atoms with E-state index in [0.29, 0.717) is 17.1 Å². The highest BCUT2D eigenvalue weighted by molar-refractivity contribution is 9.10. The Balaban J connectivity index is 1.72. The lowest BCUT2D eigenvalue weighted by Crippen LogP contribution is -2.13. The van der Waals surface area contributed by atoms with Gasteiger partial charge < -0.3 is 10.1 Å². The van der Waals surface area contributed by atoms with Gasteiger partial charge in [0.15, 0.2) is 0 Å². The summed E-state index contributed by atoms with van der Waals surface area (Å²) in [6.45, 7) is 0.437. The summed E-state index contributed by atoms with van der Waals surface area (Å²) in [6.07, 6.45) is 9.81. The maximum atomic E-state index is 10.8. The maximum absolute atomic E-state index is 10.8. The molecule has 1 saturated carbocycles. The number of nitrogens with zero attached hydrogens (tertiary/aromatic N) is 5. The van der Waals surface area contributed by atoms with E-state index in [2.05, 4.69) is 26.1 Å². The van der Waals surface area contributed by atoms with Crippen LogP contribution in [0.25, 0.3) is 0 Å². The fourth-order valence-electron chi connectivity index (χ4n) is 2.77. The Morgan fingerprint density at radius 1 is 1.33 bits per heavy atom. The van der Waals surface area contributed by atoms with Gasteiger partial charge in [-0.1, -0.05) is 19.3 Å². The Bertz CT molecular complexity index is 645. The monoisotopic (exact) mass is 353 g/mol. The lowest BCUT2D eigenvalue weighted by atomic mass is 9.96. The normalized spacial score (nSPS) is 16.2. The van der Waals surface area contributed by atoms with Gasteiger partial charge in [-0.15, -0.1) is 0 Å². The van der Waals surface area contributed by atoms with E-state index in [0.717, 1.165) is 5.69 Å². The molecule has 7 nitrogen and oxygen atoms in total. The van der Waals surface area contributed by atoms with Crippen LogP contribution in [0, 0.1) is 10.1 Å². The quantitative estimate of drug-likeness (QED) is 0.623. The van der Waals surface area contributed by atoms with Gasteiger partial charge in [0.1, 0.15) is 11.0 Å². The summed E-state index contributed by atoms with van der Waals surface area (Å²) in [5, 5.41) is 19.3. The zero-order valence-electron chi connectivity index (χ0n) is 11.5. The van der Waals surface area contributed by atoms with Crippen LogP contribution in [0.5, 0.6) is 0 Å². The maximum Gasteiger partial charge on any atom is 0.404 e. The third kappa shape index (κ3) is 3.15. The van der Waals surface area contributed by atoms with E-state index < -0.39 is 4.92 Å². The first-order valence-electron chi connectivity index (χ1n) is 7.05. The largest absolute Gasteiger partial charge is 0.404 e. The first kappa shape index (κ1) is 14.2. The van der Waals surface area contributed by atoms with Gasteiger partial charge in [-0.2, -0.15) is 9.78 Å². The highest BCUT2D eigenvalue weighted by atomic mass is 79.9. The molecule has 0 N–H and O–H groups in total. The lowest BCUT2D eigenvalue weighted by Gasteiger charge is -2.21. The molecule has 0 unspecified atom stereocenters. The van der Waals surface area contributed by atoms with Crippen molar-refractivity contribution in [3.05, 3.63) is 38.7 Å². The summed E-state index contributed by atoms with van der Waals surface area (Å²) in [6, 6.07) is 2.45. The van der Waals surface area contributed by atoms with Gasteiger partial charge in [0.25, 0.3) is 0 Å². The molecule has 1 aliphatic carbocycles. The summed E-state index contributed by atoms with van der Waals surface area (Å²) in [4.78, 5) is 10.3. The average Bonchev–Trinajstić information content (AvgIpc) is 3.07. The molecule has 0 atom stereocenters. The van der Waals surface area contributed by atoms with Crippen molar-refractivity contribution < 1.29 is 4.92 Å². The highest BCUT2D eigenvalue weighted by Crippen LogP contribution is 2.27. The van der Waals surface area contributed by atoms with Crippen molar-refractivity contribution >= 4 is 21.7 Å². The van der Waals surface area contributed by atoms with E-state index in [9.17, 15) is 10.1 Å². The van der Waals surface area contributed by atoms with Crippen molar-refractivity contribution in [1.82, 2.24) is 19.6 Å². The molecule has 1 aliphatic rings. The van der Waals surface area contributed by atoms with Crippen molar-refractivity contribution in [2.75, 3.05) is 0 Å². The van der Waals surface area contributed by atoms with Crippen molar-refractivity contribution in [2.24, 2.45) is 0 Å². The summed E-state index contributed by atoms with van der Waals surface area (Å²) < 4.78 is 3.95. The molecule has 0 saturated heterocycles. The summed E-state index contributed by atoms with van der Waals surface area (Å²) in [5.41, 5.74) is 0.866. The molecule has 1 fully saturated rings. The van der Waals surface area contributed by atoms with Gasteiger partial charge >= 0.3 is 5.82 Å². The second-order valence-electron chi connectivity index (χ2n) is 5.33. The second-order valence-corrected chi connectivity index (χ2v) is 6.19. The topological polar surface area (TPSA) is 78.8 Å². The van der Waals surface area contributed by atoms with Crippen molar-refractivity contribution in [2.45, 2.75) is 44.7 Å². The van der Waals surface area contributed by atoms with E-state index in [1.165, 1.54) is 36.8 Å². The molecule has 0 aromatic carbocycles. The molecule has 2 aromatic heterocycles. The summed E-state index contributed by atoms with van der Waals surface area (Å²) in [7, 11) is 0. The predicted molar refractivity (Wildman–Crippen MR) is 80.0 cm³/mol. The molecular formula is C13H16BrN5O2. The molecule has 0 radical (unpaired) electrons. The molecule has 0 bridgehead atoms. The van der Waals surface area contributed by atoms with Crippen LogP contribution in [0.1, 0.15) is 43.8 Å². The summed E-state index contributed by atoms with van der Waals surface area (Å²) >= 11 is 3.15. The Morgan fingerprint density at radius 2 is 2.10 bits per heavy atom. The molecule has 0 spiro atoms. The molecule has 8 heteroatoms. The number of hydrogen-bond donors (Lipinski definition) is 0. The van der Waals surface area contributed by atoms with E-state index in [-0.39, 0.29) is 5.82 Å². The van der Waals surface area contributed by atoms with Crippen LogP contribution in [-0.2, 0) is 6.54 Å². The van der Waals surface area contributed by atoms with Crippen LogP contribution in [0.15, 0.2) is 22.9 Å². The fourth-order valence-corrected chi connectivity index (χ4v) is 3.23. The van der Waals surface area contributed by atoms with Gasteiger partial charge in [0.2, 0.25) is 0 Å². The minimum Gasteiger partial charge on any atom is -0.358 e. The molecule has 0 amide bonds. The molecule has 112 valence electrons. The Labute approximate surface area is 130 Å². The van der Waals surface area contributed by atoms with E-state index >= 15 is 0 Å². The first-order chi connectivity index (χ1) is 10.1. The average molecular weight is 354 g/mol. The van der Waals surface area contributed by atoms with Crippen molar-refractivity contribution in [3.63, 3.8) is 0 Å². The lowest BCUT2D eigenvalue weighted by molar-refractivity contribution is -0.390. The van der Waals surface area contributed by atoms with Crippen LogP contribution in [-0.4, -0.2) is 24.5 Å². The van der Waals surface area contributed by atoms with Gasteiger partial charge in [-0.05, 0) is 39.8 Å². The van der Waals surface area contributed by atoms with Gasteiger partial charge in [0.05, 0.1) is 23.0 Å². The third-order valence-electron chi connectivity index (χ3n) is 3.81. The molecule has 3 rings (SSSR count). The molecule has 2 aromatic rings. The van der Waals surface area contributed by atoms with E-state index in [1.807, 2.05) is 16.9 Å². The van der Waals surface area contributed by atoms with Crippen LogP contribution < -0.4 is 0 Å². The third-order valence-corrected chi connectivity index (χ3v) is 4.37. The highest BCUT2D eigenvalue weighted by Gasteiger charge is 2.20. The van der Waals surface area contributed by atoms with E-state index in [4.69, 9.17) is 0 Å². The fraction of sp³-hybridized carbons (Fsp3) is 0.538. The first-order valence-corrected chi connectivity index (χ1v) is 7.84. The van der Waals surface area contributed by atoms with Crippen LogP contribution >= 0.6 is 15.9 Å². The SMILES string of the molecule is O=[N+]([O-])c1nn(Cc2ccn(C3CCCCC3)n2)cc1Br. The van der Waals surface area contributed by atoms with Crippen LogP contribution in [0.4, 0.5) is 5.82 Å². The Morgan fingerprint density at radius 3 is 2.76 bits per heavy atom. The van der Waals surface area contributed by atoms with Gasteiger partial charge in [0, 0.05) is 6.20 Å². The van der Waals surface area contributed by atoms with Crippen molar-refractivity contribution in [3.8, 4) is 0 Å². The second kappa shape index (κ2) is 5.97. The number of aromatic nitrogens is 4. The van der Waals surface area contributed by atoms with Crippen LogP contribution in [0.3, 0.4) is 0 Å². The number of nitro groups is 1. The zero-order chi connectivity index (χ0) is 14.8. The Kier molecular flexibility index (Phi) is 4.05. The Hall–Kier alpha value is -1.70. The minimum atomic E-state index is -0.499. The number of rotatable bonds is 4. The summed E-state index contributed by atoms with van der Waals surface area (Å²) in [5.74, 6) is -0.165. The molecule has 21 heavy (non-hydrogen) atoms. The van der Waals surface area contributed by atoms with E-state index in [1.54, 1.807) is 6.20 Å². The van der Waals surface area contributed by atoms with Gasteiger partial charge in [-0.3, -0.25) is 4.68 Å². The number of hydrogen-bond acceptors (Lipinski definition) is 4. The van der Waals surface area contributed by atoms with Gasteiger partial charge in [-0.25, -0.2) is 0 Å². The smallest absolute Gasteiger partial charge is 0.358 e. The number of halogens is 1. The minimum absolute atomic E-state index is 0.165. The molecular weight excluding hydrogens is 338 g/mol. The van der Waals surface area contributed by atoms with Crippen molar-refractivity contribution in [1.29, 1.82) is 0 Å². The zero-order valence-corrected chi connectivity index (χ0v) is 13.1. The molecule has 0 aliphatic heterocycles. The predicted octanol–water partition coefficient (Wildman–Crippen LogP) is 3.30. The van der Waals surface area contributed by atoms with Crippen LogP contribution in [0.2, 0.25) is 0 Å². The standard InChI is InChI=1S/C13H16BrN5O2/c14-12-9-17(16-13(12)19(20)21)8-10-6-7-18(15-10)11-4-2-1-3-5-11/h6-7,9,11H,1-5,8H2. The molecule has 2 heterocycles.